The maximum atomic E-state index is 8.66. The first-order valence-corrected chi connectivity index (χ1v) is 4.23. The Labute approximate surface area is 77.9 Å². The zero-order chi connectivity index (χ0) is 9.90. The quantitative estimate of drug-likeness (QED) is 0.439. The van der Waals surface area contributed by atoms with Crippen molar-refractivity contribution in [1.29, 1.82) is 0 Å². The van der Waals surface area contributed by atoms with Crippen molar-refractivity contribution in [3.8, 4) is 0 Å². The lowest BCUT2D eigenvalue weighted by Crippen LogP contribution is -2.27. The van der Waals surface area contributed by atoms with Gasteiger partial charge in [0.2, 0.25) is 0 Å². The Hall–Kier alpha value is -1.32. The van der Waals surface area contributed by atoms with Crippen LogP contribution in [0.5, 0.6) is 0 Å². The first-order chi connectivity index (χ1) is 6.06. The number of oxime groups is 1. The van der Waals surface area contributed by atoms with Crippen LogP contribution in [-0.4, -0.2) is 20.7 Å². The van der Waals surface area contributed by atoms with Gasteiger partial charge in [-0.25, -0.2) is 0 Å². The van der Waals surface area contributed by atoms with E-state index >= 15 is 0 Å². The number of hydrogen-bond acceptors (Lipinski definition) is 3. The summed E-state index contributed by atoms with van der Waals surface area (Å²) in [4.78, 5) is 0. The van der Waals surface area contributed by atoms with E-state index < -0.39 is 0 Å². The maximum Gasteiger partial charge on any atom is 0.0614 e. The molecule has 0 bridgehead atoms. The van der Waals surface area contributed by atoms with Crippen LogP contribution in [-0.2, 0) is 6.54 Å². The normalized spacial score (nSPS) is 13.3. The lowest BCUT2D eigenvalue weighted by molar-refractivity contribution is 0.301. The third-order valence-electron chi connectivity index (χ3n) is 2.25. The molecule has 0 fully saturated rings. The molecule has 13 heavy (non-hydrogen) atoms. The van der Waals surface area contributed by atoms with Crippen LogP contribution in [0, 0.1) is 5.41 Å². The van der Waals surface area contributed by atoms with Gasteiger partial charge in [-0.1, -0.05) is 19.0 Å². The SMILES string of the molecule is CC(=NO)C(C)(C)Cn1cccn1. The molecule has 0 radical (unpaired) electrons. The number of hydrogen-bond donors (Lipinski definition) is 1. The fourth-order valence-corrected chi connectivity index (χ4v) is 1.05. The second-order valence-corrected chi connectivity index (χ2v) is 3.77. The van der Waals surface area contributed by atoms with Gasteiger partial charge >= 0.3 is 0 Å². The van der Waals surface area contributed by atoms with Gasteiger partial charge in [0.25, 0.3) is 0 Å². The molecular formula is C9H15N3O. The molecule has 0 aliphatic carbocycles. The molecule has 72 valence electrons. The van der Waals surface area contributed by atoms with Crippen LogP contribution in [0.3, 0.4) is 0 Å². The molecule has 0 aliphatic rings. The average Bonchev–Trinajstić information content (AvgIpc) is 2.54. The van der Waals surface area contributed by atoms with Crippen molar-refractivity contribution in [2.75, 3.05) is 0 Å². The molecule has 0 aromatic carbocycles. The van der Waals surface area contributed by atoms with Crippen LogP contribution in [0.25, 0.3) is 0 Å². The predicted molar refractivity (Wildman–Crippen MR) is 50.9 cm³/mol. The largest absolute Gasteiger partial charge is 0.411 e. The molecule has 4 nitrogen and oxygen atoms in total. The summed E-state index contributed by atoms with van der Waals surface area (Å²) in [5, 5.41) is 16.0. The molecule has 0 unspecified atom stereocenters. The van der Waals surface area contributed by atoms with Gasteiger partial charge in [0.05, 0.1) is 12.3 Å². The second kappa shape index (κ2) is 3.60. The molecular weight excluding hydrogens is 166 g/mol. The Balaban J connectivity index is 2.73. The van der Waals surface area contributed by atoms with E-state index in [1.54, 1.807) is 6.20 Å². The van der Waals surface area contributed by atoms with Gasteiger partial charge in [-0.3, -0.25) is 4.68 Å². The van der Waals surface area contributed by atoms with Crippen LogP contribution < -0.4 is 0 Å². The second-order valence-electron chi connectivity index (χ2n) is 3.77. The first-order valence-electron chi connectivity index (χ1n) is 4.23. The summed E-state index contributed by atoms with van der Waals surface area (Å²) in [5.41, 5.74) is 0.545. The van der Waals surface area contributed by atoms with Crippen LogP contribution in [0.15, 0.2) is 23.6 Å². The highest BCUT2D eigenvalue weighted by Crippen LogP contribution is 2.19. The molecule has 1 aromatic rings. The van der Waals surface area contributed by atoms with E-state index in [9.17, 15) is 0 Å². The molecule has 0 amide bonds. The molecule has 1 heterocycles. The van der Waals surface area contributed by atoms with Gasteiger partial charge in [0.1, 0.15) is 0 Å². The summed E-state index contributed by atoms with van der Waals surface area (Å²) in [6, 6.07) is 1.88. The van der Waals surface area contributed by atoms with E-state index in [2.05, 4.69) is 10.3 Å². The van der Waals surface area contributed by atoms with Crippen molar-refractivity contribution in [3.63, 3.8) is 0 Å². The van der Waals surface area contributed by atoms with Crippen molar-refractivity contribution in [1.82, 2.24) is 9.78 Å². The van der Waals surface area contributed by atoms with Crippen molar-refractivity contribution in [2.45, 2.75) is 27.3 Å². The summed E-state index contributed by atoms with van der Waals surface area (Å²) in [6.45, 7) is 6.56. The van der Waals surface area contributed by atoms with Gasteiger partial charge in [-0.05, 0) is 13.0 Å². The Morgan fingerprint density at radius 3 is 2.77 bits per heavy atom. The van der Waals surface area contributed by atoms with Gasteiger partial charge in [-0.15, -0.1) is 0 Å². The van der Waals surface area contributed by atoms with Crippen molar-refractivity contribution >= 4 is 5.71 Å². The first kappa shape index (κ1) is 9.77. The minimum absolute atomic E-state index is 0.166. The van der Waals surface area contributed by atoms with E-state index in [0.717, 1.165) is 6.54 Å². The minimum Gasteiger partial charge on any atom is -0.411 e. The Bertz CT molecular complexity index is 288. The number of nitrogens with zero attached hydrogens (tertiary/aromatic N) is 3. The molecule has 0 saturated carbocycles. The van der Waals surface area contributed by atoms with E-state index in [1.807, 2.05) is 37.7 Å². The highest BCUT2D eigenvalue weighted by atomic mass is 16.4. The summed E-state index contributed by atoms with van der Waals surface area (Å²) in [6.07, 6.45) is 3.63. The molecule has 4 heteroatoms. The molecule has 1 rings (SSSR count). The van der Waals surface area contributed by atoms with Crippen molar-refractivity contribution in [3.05, 3.63) is 18.5 Å². The van der Waals surface area contributed by atoms with Crippen LogP contribution in [0.2, 0.25) is 0 Å². The van der Waals surface area contributed by atoms with Gasteiger partial charge in [0, 0.05) is 17.8 Å². The third kappa shape index (κ3) is 2.31. The average molecular weight is 181 g/mol. The lowest BCUT2D eigenvalue weighted by atomic mass is 9.88. The van der Waals surface area contributed by atoms with Crippen LogP contribution in [0.4, 0.5) is 0 Å². The summed E-state index contributed by atoms with van der Waals surface area (Å²) in [7, 11) is 0. The zero-order valence-corrected chi connectivity index (χ0v) is 8.23. The van der Waals surface area contributed by atoms with E-state index in [0.29, 0.717) is 5.71 Å². The Morgan fingerprint density at radius 2 is 2.31 bits per heavy atom. The monoisotopic (exact) mass is 181 g/mol. The van der Waals surface area contributed by atoms with Crippen LogP contribution in [0.1, 0.15) is 20.8 Å². The van der Waals surface area contributed by atoms with E-state index in [-0.39, 0.29) is 5.41 Å². The smallest absolute Gasteiger partial charge is 0.0614 e. The lowest BCUT2D eigenvalue weighted by Gasteiger charge is -2.23. The highest BCUT2D eigenvalue weighted by Gasteiger charge is 2.22. The fraction of sp³-hybridized carbons (Fsp3) is 0.556. The maximum absolute atomic E-state index is 8.66. The van der Waals surface area contributed by atoms with Gasteiger partial charge in [0.15, 0.2) is 0 Å². The van der Waals surface area contributed by atoms with E-state index in [4.69, 9.17) is 5.21 Å². The molecule has 0 saturated heterocycles. The molecule has 0 atom stereocenters. The molecule has 0 aliphatic heterocycles. The molecule has 0 spiro atoms. The van der Waals surface area contributed by atoms with Gasteiger partial charge < -0.3 is 5.21 Å². The van der Waals surface area contributed by atoms with Crippen molar-refractivity contribution < 1.29 is 5.21 Å². The third-order valence-corrected chi connectivity index (χ3v) is 2.25. The van der Waals surface area contributed by atoms with Gasteiger partial charge in [-0.2, -0.15) is 5.10 Å². The topological polar surface area (TPSA) is 50.4 Å². The highest BCUT2D eigenvalue weighted by molar-refractivity contribution is 5.86. The number of aromatic nitrogens is 2. The zero-order valence-electron chi connectivity index (χ0n) is 8.23. The summed E-state index contributed by atoms with van der Waals surface area (Å²) in [5.74, 6) is 0. The molecule has 1 aromatic heterocycles. The molecule has 1 N–H and O–H groups in total. The standard InChI is InChI=1S/C9H15N3O/c1-8(11-13)9(2,3)7-12-6-4-5-10-12/h4-6,13H,7H2,1-3H3. The predicted octanol–water partition coefficient (Wildman–Crippen LogP) is 1.76. The summed E-state index contributed by atoms with van der Waals surface area (Å²) >= 11 is 0. The minimum atomic E-state index is -0.166. The Morgan fingerprint density at radius 1 is 1.62 bits per heavy atom. The van der Waals surface area contributed by atoms with Crippen molar-refractivity contribution in [2.24, 2.45) is 10.6 Å². The number of rotatable bonds is 3. The Kier molecular flexibility index (Phi) is 2.70. The van der Waals surface area contributed by atoms with Crippen LogP contribution >= 0.6 is 0 Å². The van der Waals surface area contributed by atoms with E-state index in [1.165, 1.54) is 0 Å². The fourth-order valence-electron chi connectivity index (χ4n) is 1.05. The summed E-state index contributed by atoms with van der Waals surface area (Å²) < 4.78 is 1.83.